The zero-order chi connectivity index (χ0) is 14.8. The van der Waals surface area contributed by atoms with Crippen molar-refractivity contribution in [1.82, 2.24) is 9.97 Å². The van der Waals surface area contributed by atoms with Crippen LogP contribution in [-0.2, 0) is 5.41 Å². The van der Waals surface area contributed by atoms with E-state index in [2.05, 4.69) is 20.7 Å². The van der Waals surface area contributed by atoms with E-state index in [9.17, 15) is 4.39 Å². The maximum Gasteiger partial charge on any atom is 0.146 e. The molecule has 6 heteroatoms. The van der Waals surface area contributed by atoms with Crippen molar-refractivity contribution in [3.63, 3.8) is 0 Å². The molecule has 0 amide bonds. The fourth-order valence-corrected chi connectivity index (χ4v) is 1.62. The highest BCUT2D eigenvalue weighted by Gasteiger charge is 2.19. The zero-order valence-electron chi connectivity index (χ0n) is 11.7. The standard InChI is InChI=1S/C14H18FN5/c1-14(2,3)13-18-11(8-12(19-13)20-16)17-10-7-5-4-6-9(10)15/h4-8H,16H2,1-3H3,(H2,17,18,19,20). The van der Waals surface area contributed by atoms with Crippen LogP contribution < -0.4 is 16.6 Å². The molecular weight excluding hydrogens is 257 g/mol. The molecular formula is C14H18FN5. The van der Waals surface area contributed by atoms with Gasteiger partial charge in [-0.25, -0.2) is 20.2 Å². The molecule has 106 valence electrons. The quantitative estimate of drug-likeness (QED) is 0.593. The van der Waals surface area contributed by atoms with E-state index in [0.717, 1.165) is 0 Å². The van der Waals surface area contributed by atoms with E-state index in [-0.39, 0.29) is 11.2 Å². The number of para-hydroxylation sites is 1. The predicted molar refractivity (Wildman–Crippen MR) is 78.2 cm³/mol. The molecule has 0 bridgehead atoms. The number of hydrazine groups is 1. The van der Waals surface area contributed by atoms with Crippen molar-refractivity contribution in [2.45, 2.75) is 26.2 Å². The Morgan fingerprint density at radius 2 is 1.75 bits per heavy atom. The maximum atomic E-state index is 13.6. The third kappa shape index (κ3) is 3.21. The molecule has 0 aliphatic heterocycles. The van der Waals surface area contributed by atoms with Gasteiger partial charge in [0.15, 0.2) is 0 Å². The highest BCUT2D eigenvalue weighted by atomic mass is 19.1. The number of anilines is 3. The zero-order valence-corrected chi connectivity index (χ0v) is 11.7. The maximum absolute atomic E-state index is 13.6. The summed E-state index contributed by atoms with van der Waals surface area (Å²) in [5, 5.41) is 2.94. The smallest absolute Gasteiger partial charge is 0.146 e. The highest BCUT2D eigenvalue weighted by molar-refractivity contribution is 5.59. The van der Waals surface area contributed by atoms with Crippen LogP contribution in [0.3, 0.4) is 0 Å². The molecule has 2 rings (SSSR count). The molecule has 5 nitrogen and oxygen atoms in total. The minimum absolute atomic E-state index is 0.238. The van der Waals surface area contributed by atoms with Gasteiger partial charge >= 0.3 is 0 Å². The van der Waals surface area contributed by atoms with Gasteiger partial charge in [0.05, 0.1) is 5.69 Å². The highest BCUT2D eigenvalue weighted by Crippen LogP contribution is 2.24. The van der Waals surface area contributed by atoms with Crippen molar-refractivity contribution in [1.29, 1.82) is 0 Å². The Bertz CT molecular complexity index is 607. The lowest BCUT2D eigenvalue weighted by Gasteiger charge is -2.18. The van der Waals surface area contributed by atoms with Gasteiger partial charge in [-0.05, 0) is 12.1 Å². The topological polar surface area (TPSA) is 75.9 Å². The summed E-state index contributed by atoms with van der Waals surface area (Å²) in [7, 11) is 0. The van der Waals surface area contributed by atoms with E-state index in [0.29, 0.717) is 23.1 Å². The first-order chi connectivity index (χ1) is 9.40. The van der Waals surface area contributed by atoms with Crippen LogP contribution in [0.1, 0.15) is 26.6 Å². The number of hydrogen-bond acceptors (Lipinski definition) is 5. The second-order valence-electron chi connectivity index (χ2n) is 5.46. The summed E-state index contributed by atoms with van der Waals surface area (Å²) in [5.41, 5.74) is 2.61. The summed E-state index contributed by atoms with van der Waals surface area (Å²) >= 11 is 0. The Kier molecular flexibility index (Phi) is 3.85. The van der Waals surface area contributed by atoms with Crippen LogP contribution in [0.25, 0.3) is 0 Å². The molecule has 4 N–H and O–H groups in total. The first kappa shape index (κ1) is 14.2. The molecule has 0 aliphatic rings. The molecule has 2 aromatic rings. The van der Waals surface area contributed by atoms with Crippen LogP contribution in [0.2, 0.25) is 0 Å². The van der Waals surface area contributed by atoms with Gasteiger partial charge in [-0.1, -0.05) is 32.9 Å². The van der Waals surface area contributed by atoms with E-state index in [1.54, 1.807) is 24.3 Å². The summed E-state index contributed by atoms with van der Waals surface area (Å²) in [5.74, 6) is 6.65. The van der Waals surface area contributed by atoms with Crippen LogP contribution in [0.4, 0.5) is 21.7 Å². The number of nitrogens with zero attached hydrogens (tertiary/aromatic N) is 2. The molecule has 0 fully saturated rings. The van der Waals surface area contributed by atoms with Crippen molar-refractivity contribution < 1.29 is 4.39 Å². The van der Waals surface area contributed by atoms with Crippen LogP contribution >= 0.6 is 0 Å². The third-order valence-electron chi connectivity index (χ3n) is 2.68. The average molecular weight is 275 g/mol. The Balaban J connectivity index is 2.39. The van der Waals surface area contributed by atoms with E-state index in [4.69, 9.17) is 5.84 Å². The Morgan fingerprint density at radius 1 is 1.10 bits per heavy atom. The van der Waals surface area contributed by atoms with Crippen molar-refractivity contribution in [2.24, 2.45) is 5.84 Å². The van der Waals surface area contributed by atoms with Gasteiger partial charge in [0, 0.05) is 11.5 Å². The number of nitrogens with two attached hydrogens (primary N) is 1. The van der Waals surface area contributed by atoms with Crippen LogP contribution in [0.5, 0.6) is 0 Å². The van der Waals surface area contributed by atoms with Gasteiger partial charge in [0.2, 0.25) is 0 Å². The van der Waals surface area contributed by atoms with Crippen molar-refractivity contribution in [2.75, 3.05) is 10.7 Å². The monoisotopic (exact) mass is 275 g/mol. The second kappa shape index (κ2) is 5.42. The normalized spacial score (nSPS) is 11.2. The summed E-state index contributed by atoms with van der Waals surface area (Å²) in [6.07, 6.45) is 0. The van der Waals surface area contributed by atoms with Gasteiger partial charge in [-0.3, -0.25) is 0 Å². The number of halogens is 1. The van der Waals surface area contributed by atoms with Crippen LogP contribution in [-0.4, -0.2) is 9.97 Å². The summed E-state index contributed by atoms with van der Waals surface area (Å²) in [4.78, 5) is 8.71. The molecule has 1 aromatic heterocycles. The lowest BCUT2D eigenvalue weighted by Crippen LogP contribution is -2.19. The van der Waals surface area contributed by atoms with Gasteiger partial charge in [-0.2, -0.15) is 0 Å². The van der Waals surface area contributed by atoms with E-state index < -0.39 is 0 Å². The second-order valence-corrected chi connectivity index (χ2v) is 5.46. The molecule has 0 spiro atoms. The number of nitrogen functional groups attached to an aromatic ring is 1. The largest absolute Gasteiger partial charge is 0.338 e. The number of benzene rings is 1. The van der Waals surface area contributed by atoms with Crippen LogP contribution in [0, 0.1) is 5.82 Å². The summed E-state index contributed by atoms with van der Waals surface area (Å²) in [6, 6.07) is 8.04. The molecule has 20 heavy (non-hydrogen) atoms. The first-order valence-electron chi connectivity index (χ1n) is 6.28. The fourth-order valence-electron chi connectivity index (χ4n) is 1.62. The van der Waals surface area contributed by atoms with Crippen molar-refractivity contribution >= 4 is 17.3 Å². The fraction of sp³-hybridized carbons (Fsp3) is 0.286. The SMILES string of the molecule is CC(C)(C)c1nc(NN)cc(Nc2ccccc2F)n1. The summed E-state index contributed by atoms with van der Waals surface area (Å²) < 4.78 is 13.6. The minimum Gasteiger partial charge on any atom is -0.338 e. The number of rotatable bonds is 3. The predicted octanol–water partition coefficient (Wildman–Crippen LogP) is 2.94. The van der Waals surface area contributed by atoms with Gasteiger partial charge < -0.3 is 10.7 Å². The molecule has 0 radical (unpaired) electrons. The lowest BCUT2D eigenvalue weighted by molar-refractivity contribution is 0.547. The molecule has 0 atom stereocenters. The van der Waals surface area contributed by atoms with Gasteiger partial charge in [-0.15, -0.1) is 0 Å². The summed E-state index contributed by atoms with van der Waals surface area (Å²) in [6.45, 7) is 5.99. The molecule has 0 aliphatic carbocycles. The molecule has 0 saturated heterocycles. The van der Waals surface area contributed by atoms with E-state index in [1.165, 1.54) is 6.07 Å². The number of nitrogens with one attached hydrogen (secondary N) is 2. The third-order valence-corrected chi connectivity index (χ3v) is 2.68. The van der Waals surface area contributed by atoms with Crippen molar-refractivity contribution in [3.8, 4) is 0 Å². The minimum atomic E-state index is -0.342. The van der Waals surface area contributed by atoms with Gasteiger partial charge in [0.1, 0.15) is 23.3 Å². The lowest BCUT2D eigenvalue weighted by atomic mass is 9.96. The molecule has 1 heterocycles. The first-order valence-corrected chi connectivity index (χ1v) is 6.28. The van der Waals surface area contributed by atoms with Crippen LogP contribution in [0.15, 0.2) is 30.3 Å². The molecule has 0 saturated carbocycles. The Labute approximate surface area is 117 Å². The Hall–Kier alpha value is -2.21. The molecule has 0 unspecified atom stereocenters. The van der Waals surface area contributed by atoms with E-state index >= 15 is 0 Å². The Morgan fingerprint density at radius 3 is 2.35 bits per heavy atom. The number of hydrogen-bond donors (Lipinski definition) is 3. The van der Waals surface area contributed by atoms with E-state index in [1.807, 2.05) is 20.8 Å². The van der Waals surface area contributed by atoms with Gasteiger partial charge in [0.25, 0.3) is 0 Å². The number of aromatic nitrogens is 2. The molecule has 1 aromatic carbocycles. The van der Waals surface area contributed by atoms with Crippen molar-refractivity contribution in [3.05, 3.63) is 42.0 Å². The average Bonchev–Trinajstić information content (AvgIpc) is 2.40.